The lowest BCUT2D eigenvalue weighted by molar-refractivity contribution is -0.128. The van der Waals surface area contributed by atoms with E-state index < -0.39 is 11.9 Å². The monoisotopic (exact) mass is 417 g/mol. The van der Waals surface area contributed by atoms with Gasteiger partial charge in [0.15, 0.2) is 0 Å². The Morgan fingerprint density at radius 1 is 0.903 bits per heavy atom. The predicted molar refractivity (Wildman–Crippen MR) is 121 cm³/mol. The number of rotatable bonds is 4. The van der Waals surface area contributed by atoms with Crippen LogP contribution in [0.4, 0.5) is 21.5 Å². The van der Waals surface area contributed by atoms with Crippen molar-refractivity contribution >= 4 is 28.9 Å². The molecule has 3 aromatic carbocycles. The van der Waals surface area contributed by atoms with Gasteiger partial charge >= 0.3 is 0 Å². The summed E-state index contributed by atoms with van der Waals surface area (Å²) in [5, 5.41) is 0. The van der Waals surface area contributed by atoms with Crippen LogP contribution in [0.25, 0.3) is 0 Å². The standard InChI is InChI=1S/C25H24FN3O2/c1-17-8-12-20(13-9-17)29-23(30)16-28(22-7-5-4-6-21(22)26)25(31)24(29)18-10-14-19(15-11-18)27(2)3/h4-15,24H,16H2,1-3H3. The van der Waals surface area contributed by atoms with Crippen LogP contribution in [0.5, 0.6) is 0 Å². The van der Waals surface area contributed by atoms with Crippen LogP contribution in [-0.2, 0) is 9.59 Å². The van der Waals surface area contributed by atoms with E-state index in [0.717, 1.165) is 11.3 Å². The number of anilines is 3. The maximum absolute atomic E-state index is 14.5. The molecule has 3 aromatic rings. The molecular weight excluding hydrogens is 393 g/mol. The zero-order valence-corrected chi connectivity index (χ0v) is 17.7. The fourth-order valence-electron chi connectivity index (χ4n) is 3.81. The molecule has 5 nitrogen and oxygen atoms in total. The molecule has 158 valence electrons. The van der Waals surface area contributed by atoms with Gasteiger partial charge in [-0.15, -0.1) is 0 Å². The van der Waals surface area contributed by atoms with E-state index in [1.807, 2.05) is 74.4 Å². The first-order valence-corrected chi connectivity index (χ1v) is 10.1. The molecular formula is C25H24FN3O2. The molecule has 0 aliphatic carbocycles. The Balaban J connectivity index is 1.81. The van der Waals surface area contributed by atoms with Crippen LogP contribution < -0.4 is 14.7 Å². The average Bonchev–Trinajstić information content (AvgIpc) is 2.76. The highest BCUT2D eigenvalue weighted by Gasteiger charge is 2.42. The minimum Gasteiger partial charge on any atom is -0.378 e. The van der Waals surface area contributed by atoms with Gasteiger partial charge in [0.1, 0.15) is 18.4 Å². The van der Waals surface area contributed by atoms with Gasteiger partial charge < -0.3 is 4.90 Å². The molecule has 1 atom stereocenters. The fraction of sp³-hybridized carbons (Fsp3) is 0.200. The third kappa shape index (κ3) is 3.89. The van der Waals surface area contributed by atoms with Crippen LogP contribution in [0, 0.1) is 12.7 Å². The largest absolute Gasteiger partial charge is 0.378 e. The molecule has 2 amide bonds. The second-order valence-electron chi connectivity index (χ2n) is 7.86. The van der Waals surface area contributed by atoms with Crippen molar-refractivity contribution in [2.24, 2.45) is 0 Å². The first kappa shape index (κ1) is 20.6. The smallest absolute Gasteiger partial charge is 0.255 e. The van der Waals surface area contributed by atoms with E-state index >= 15 is 0 Å². The van der Waals surface area contributed by atoms with Gasteiger partial charge in [0, 0.05) is 25.5 Å². The third-order valence-electron chi connectivity index (χ3n) is 5.50. The van der Waals surface area contributed by atoms with Crippen LogP contribution in [0.15, 0.2) is 72.8 Å². The molecule has 1 fully saturated rings. The molecule has 0 aromatic heterocycles. The van der Waals surface area contributed by atoms with E-state index in [4.69, 9.17) is 0 Å². The van der Waals surface area contributed by atoms with Crippen LogP contribution >= 0.6 is 0 Å². The number of piperazine rings is 1. The zero-order valence-electron chi connectivity index (χ0n) is 17.7. The van der Waals surface area contributed by atoms with Crippen molar-refractivity contribution in [3.8, 4) is 0 Å². The van der Waals surface area contributed by atoms with Gasteiger partial charge in [-0.3, -0.25) is 19.4 Å². The van der Waals surface area contributed by atoms with E-state index in [2.05, 4.69) is 0 Å². The van der Waals surface area contributed by atoms with Crippen LogP contribution in [0.1, 0.15) is 17.2 Å². The molecule has 1 aliphatic rings. The summed E-state index contributed by atoms with van der Waals surface area (Å²) in [6.45, 7) is 1.74. The first-order chi connectivity index (χ1) is 14.9. The van der Waals surface area contributed by atoms with Crippen LogP contribution in [0.3, 0.4) is 0 Å². The number of carbonyl (C=O) groups is 2. The van der Waals surface area contributed by atoms with E-state index in [9.17, 15) is 14.0 Å². The molecule has 31 heavy (non-hydrogen) atoms. The number of halogens is 1. The second kappa shape index (κ2) is 8.22. The first-order valence-electron chi connectivity index (χ1n) is 10.1. The van der Waals surface area contributed by atoms with Gasteiger partial charge in [0.25, 0.3) is 5.91 Å². The summed E-state index contributed by atoms with van der Waals surface area (Å²) < 4.78 is 14.5. The number of aryl methyl sites for hydroxylation is 1. The van der Waals surface area contributed by atoms with Crippen molar-refractivity contribution in [2.45, 2.75) is 13.0 Å². The van der Waals surface area contributed by atoms with Crippen molar-refractivity contribution in [2.75, 3.05) is 35.3 Å². The Hall–Kier alpha value is -3.67. The number of carbonyl (C=O) groups excluding carboxylic acids is 2. The lowest BCUT2D eigenvalue weighted by atomic mass is 9.98. The number of nitrogens with zero attached hydrogens (tertiary/aromatic N) is 3. The van der Waals surface area contributed by atoms with Crippen LogP contribution in [-0.4, -0.2) is 32.5 Å². The molecule has 0 saturated carbocycles. The minimum absolute atomic E-state index is 0.110. The molecule has 0 N–H and O–H groups in total. The topological polar surface area (TPSA) is 43.9 Å². The molecule has 1 saturated heterocycles. The number of amides is 2. The number of hydrogen-bond acceptors (Lipinski definition) is 3. The third-order valence-corrected chi connectivity index (χ3v) is 5.50. The summed E-state index contributed by atoms with van der Waals surface area (Å²) >= 11 is 0. The van der Waals surface area contributed by atoms with Crippen molar-refractivity contribution < 1.29 is 14.0 Å². The predicted octanol–water partition coefficient (Wildman–Crippen LogP) is 4.32. The maximum atomic E-state index is 14.5. The molecule has 6 heteroatoms. The summed E-state index contributed by atoms with van der Waals surface area (Å²) in [6, 6.07) is 20.1. The Kier molecular flexibility index (Phi) is 5.46. The molecule has 4 rings (SSSR count). The lowest BCUT2D eigenvalue weighted by Gasteiger charge is -2.40. The Labute approximate surface area is 181 Å². The highest BCUT2D eigenvalue weighted by atomic mass is 19.1. The van der Waals surface area contributed by atoms with Gasteiger partial charge in [-0.2, -0.15) is 0 Å². The molecule has 1 aliphatic heterocycles. The number of para-hydroxylation sites is 1. The molecule has 1 unspecified atom stereocenters. The molecule has 1 heterocycles. The second-order valence-corrected chi connectivity index (χ2v) is 7.86. The van der Waals surface area contributed by atoms with E-state index in [1.54, 1.807) is 12.1 Å². The van der Waals surface area contributed by atoms with E-state index in [0.29, 0.717) is 11.3 Å². The lowest BCUT2D eigenvalue weighted by Crippen LogP contribution is -2.56. The van der Waals surface area contributed by atoms with Crippen molar-refractivity contribution in [3.05, 3.63) is 89.7 Å². The number of benzene rings is 3. The Bertz CT molecular complexity index is 1110. The minimum atomic E-state index is -0.889. The molecule has 0 radical (unpaired) electrons. The van der Waals surface area contributed by atoms with Crippen molar-refractivity contribution in [3.63, 3.8) is 0 Å². The van der Waals surface area contributed by atoms with Crippen molar-refractivity contribution in [1.82, 2.24) is 0 Å². The highest BCUT2D eigenvalue weighted by molar-refractivity contribution is 6.14. The fourth-order valence-corrected chi connectivity index (χ4v) is 3.81. The summed E-state index contributed by atoms with van der Waals surface area (Å²) in [4.78, 5) is 31.6. The normalized spacial score (nSPS) is 16.6. The highest BCUT2D eigenvalue weighted by Crippen LogP contribution is 2.35. The van der Waals surface area contributed by atoms with Gasteiger partial charge in [0.05, 0.1) is 5.69 Å². The zero-order chi connectivity index (χ0) is 22.1. The van der Waals surface area contributed by atoms with Crippen LogP contribution in [0.2, 0.25) is 0 Å². The van der Waals surface area contributed by atoms with Gasteiger partial charge in [0.2, 0.25) is 5.91 Å². The maximum Gasteiger partial charge on any atom is 0.255 e. The van der Waals surface area contributed by atoms with Gasteiger partial charge in [-0.05, 0) is 48.9 Å². The molecule has 0 spiro atoms. The molecule has 0 bridgehead atoms. The van der Waals surface area contributed by atoms with Crippen molar-refractivity contribution in [1.29, 1.82) is 0 Å². The average molecular weight is 417 g/mol. The summed E-state index contributed by atoms with van der Waals surface area (Å²) in [5.74, 6) is -1.15. The van der Waals surface area contributed by atoms with Gasteiger partial charge in [-0.25, -0.2) is 4.39 Å². The summed E-state index contributed by atoms with van der Waals surface area (Å²) in [5.41, 5.74) is 3.45. The summed E-state index contributed by atoms with van der Waals surface area (Å²) in [7, 11) is 3.87. The summed E-state index contributed by atoms with van der Waals surface area (Å²) in [6.07, 6.45) is 0. The van der Waals surface area contributed by atoms with E-state index in [1.165, 1.54) is 21.9 Å². The quantitative estimate of drug-likeness (QED) is 0.635. The van der Waals surface area contributed by atoms with Gasteiger partial charge in [-0.1, -0.05) is 42.0 Å². The SMILES string of the molecule is Cc1ccc(N2C(=O)CN(c3ccccc3F)C(=O)C2c2ccc(N(C)C)cc2)cc1. The number of hydrogen-bond donors (Lipinski definition) is 0. The van der Waals surface area contributed by atoms with E-state index in [-0.39, 0.29) is 24.0 Å². The Morgan fingerprint density at radius 3 is 2.16 bits per heavy atom. The Morgan fingerprint density at radius 2 is 1.55 bits per heavy atom.